The molecule has 0 radical (unpaired) electrons. The van der Waals surface area contributed by atoms with Crippen LogP contribution in [-0.2, 0) is 11.2 Å². The van der Waals surface area contributed by atoms with Crippen LogP contribution in [0.1, 0.15) is 30.3 Å². The smallest absolute Gasteiger partial charge is 0.336 e. The standard InChI is InChI=1S/C22H19F4N7O/c23-16-7-5-14(6-8-16)13-1-3-15(4-2-13)19(22(24,25)26)28-17(11-18-30-32-33-31-18)20(34)29-21(12-27)9-10-21/h1-8,17,19,28H,9-11H2,(H,29,34)(H,30,31,32,33)/t17-,19-/m0/s1. The number of carbonyl (C=O) groups is 1. The van der Waals surface area contributed by atoms with E-state index in [1.807, 2.05) is 6.07 Å². The van der Waals surface area contributed by atoms with Gasteiger partial charge in [-0.2, -0.15) is 23.6 Å². The van der Waals surface area contributed by atoms with Gasteiger partial charge in [-0.05, 0) is 41.7 Å². The molecule has 8 nitrogen and oxygen atoms in total. The van der Waals surface area contributed by atoms with Gasteiger partial charge in [0, 0.05) is 6.42 Å². The van der Waals surface area contributed by atoms with Crippen LogP contribution in [0.25, 0.3) is 11.1 Å². The van der Waals surface area contributed by atoms with Gasteiger partial charge in [0.25, 0.3) is 0 Å². The largest absolute Gasteiger partial charge is 0.407 e. The maximum absolute atomic E-state index is 14.1. The minimum Gasteiger partial charge on any atom is -0.336 e. The lowest BCUT2D eigenvalue weighted by Gasteiger charge is -2.27. The van der Waals surface area contributed by atoms with E-state index in [1.54, 1.807) is 0 Å². The van der Waals surface area contributed by atoms with Crippen LogP contribution in [0, 0.1) is 17.1 Å². The van der Waals surface area contributed by atoms with Gasteiger partial charge in [0.2, 0.25) is 5.91 Å². The van der Waals surface area contributed by atoms with Crippen molar-refractivity contribution in [1.29, 1.82) is 5.26 Å². The van der Waals surface area contributed by atoms with Gasteiger partial charge < -0.3 is 5.32 Å². The van der Waals surface area contributed by atoms with Crippen LogP contribution < -0.4 is 10.6 Å². The first-order valence-electron chi connectivity index (χ1n) is 10.3. The SMILES string of the molecule is N#CC1(NC(=O)[C@H](Cc2nn[nH]n2)N[C@@H](c2ccc(-c3ccc(F)cc3)cc2)C(F)(F)F)CC1. The van der Waals surface area contributed by atoms with Crippen LogP contribution >= 0.6 is 0 Å². The summed E-state index contributed by atoms with van der Waals surface area (Å²) in [4.78, 5) is 12.8. The van der Waals surface area contributed by atoms with Gasteiger partial charge in [0.15, 0.2) is 5.82 Å². The van der Waals surface area contributed by atoms with Crippen molar-refractivity contribution >= 4 is 5.91 Å². The number of rotatable bonds is 8. The molecular formula is C22H19F4N7O. The Morgan fingerprint density at radius 1 is 1.12 bits per heavy atom. The molecule has 1 amide bonds. The fourth-order valence-corrected chi connectivity index (χ4v) is 3.48. The highest BCUT2D eigenvalue weighted by molar-refractivity contribution is 5.83. The van der Waals surface area contributed by atoms with Crippen molar-refractivity contribution in [2.24, 2.45) is 0 Å². The van der Waals surface area contributed by atoms with Crippen molar-refractivity contribution in [1.82, 2.24) is 31.3 Å². The number of hydrogen-bond donors (Lipinski definition) is 3. The monoisotopic (exact) mass is 473 g/mol. The summed E-state index contributed by atoms with van der Waals surface area (Å²) in [6.07, 6.45) is -4.15. The molecule has 1 fully saturated rings. The Balaban J connectivity index is 1.59. The number of amides is 1. The van der Waals surface area contributed by atoms with E-state index in [9.17, 15) is 27.6 Å². The van der Waals surface area contributed by atoms with E-state index in [-0.39, 0.29) is 17.8 Å². The summed E-state index contributed by atoms with van der Waals surface area (Å²) in [5, 5.41) is 27.2. The van der Waals surface area contributed by atoms with Crippen LogP contribution in [0.5, 0.6) is 0 Å². The molecule has 1 aliphatic rings. The number of tetrazole rings is 1. The molecule has 0 unspecified atom stereocenters. The Morgan fingerprint density at radius 2 is 1.74 bits per heavy atom. The Hall–Kier alpha value is -3.85. The second-order valence-corrected chi connectivity index (χ2v) is 8.04. The van der Waals surface area contributed by atoms with Crippen LogP contribution in [0.3, 0.4) is 0 Å². The van der Waals surface area contributed by atoms with Crippen molar-refractivity contribution in [3.05, 3.63) is 65.7 Å². The minimum absolute atomic E-state index is 0.0436. The van der Waals surface area contributed by atoms with E-state index >= 15 is 0 Å². The quantitative estimate of drug-likeness (QED) is 0.433. The number of halogens is 4. The number of aromatic amines is 1. The van der Waals surface area contributed by atoms with E-state index in [4.69, 9.17) is 0 Å². The molecule has 34 heavy (non-hydrogen) atoms. The summed E-state index contributed by atoms with van der Waals surface area (Å²) < 4.78 is 55.3. The summed E-state index contributed by atoms with van der Waals surface area (Å²) in [5.41, 5.74) is 0.0740. The predicted molar refractivity (Wildman–Crippen MR) is 111 cm³/mol. The van der Waals surface area contributed by atoms with Crippen LogP contribution in [0.2, 0.25) is 0 Å². The van der Waals surface area contributed by atoms with Crippen molar-refractivity contribution in [2.75, 3.05) is 0 Å². The number of benzene rings is 2. The minimum atomic E-state index is -4.74. The molecule has 3 N–H and O–H groups in total. The van der Waals surface area contributed by atoms with Crippen molar-refractivity contribution < 1.29 is 22.4 Å². The number of hydrogen-bond acceptors (Lipinski definition) is 6. The van der Waals surface area contributed by atoms with Crippen LogP contribution in [-0.4, -0.2) is 44.3 Å². The highest BCUT2D eigenvalue weighted by atomic mass is 19.4. The number of alkyl halides is 3. The Bertz CT molecular complexity index is 1170. The lowest BCUT2D eigenvalue weighted by molar-refractivity contribution is -0.161. The van der Waals surface area contributed by atoms with Gasteiger partial charge in [0.1, 0.15) is 17.4 Å². The molecule has 1 saturated carbocycles. The van der Waals surface area contributed by atoms with E-state index < -0.39 is 35.5 Å². The van der Waals surface area contributed by atoms with Gasteiger partial charge in [-0.1, -0.05) is 41.6 Å². The number of nitriles is 1. The van der Waals surface area contributed by atoms with Gasteiger partial charge in [-0.25, -0.2) is 4.39 Å². The lowest BCUT2D eigenvalue weighted by Crippen LogP contribution is -2.52. The molecule has 1 aliphatic carbocycles. The molecule has 3 aromatic rings. The number of H-pyrrole nitrogens is 1. The second-order valence-electron chi connectivity index (χ2n) is 8.04. The zero-order valence-electron chi connectivity index (χ0n) is 17.6. The highest BCUT2D eigenvalue weighted by Crippen LogP contribution is 2.36. The molecule has 176 valence electrons. The maximum atomic E-state index is 14.1. The van der Waals surface area contributed by atoms with Crippen LogP contribution in [0.4, 0.5) is 17.6 Å². The third-order valence-corrected chi connectivity index (χ3v) is 5.54. The molecule has 4 rings (SSSR count). The first-order valence-corrected chi connectivity index (χ1v) is 10.3. The van der Waals surface area contributed by atoms with Gasteiger partial charge in [-0.15, -0.1) is 10.2 Å². The molecule has 2 atom stereocenters. The Kier molecular flexibility index (Phi) is 6.30. The molecule has 0 saturated heterocycles. The summed E-state index contributed by atoms with van der Waals surface area (Å²) in [7, 11) is 0. The molecule has 1 heterocycles. The van der Waals surface area contributed by atoms with E-state index in [0.717, 1.165) is 0 Å². The third kappa shape index (κ3) is 5.37. The molecule has 0 aliphatic heterocycles. The zero-order chi connectivity index (χ0) is 24.3. The van der Waals surface area contributed by atoms with Gasteiger partial charge in [0.05, 0.1) is 12.1 Å². The van der Waals surface area contributed by atoms with E-state index in [0.29, 0.717) is 24.0 Å². The number of aromatic nitrogens is 4. The van der Waals surface area contributed by atoms with Gasteiger partial charge in [-0.3, -0.25) is 10.1 Å². The van der Waals surface area contributed by atoms with Crippen molar-refractivity contribution in [2.45, 2.75) is 43.1 Å². The number of carbonyl (C=O) groups excluding carboxylic acids is 1. The topological polar surface area (TPSA) is 119 Å². The number of nitrogens with one attached hydrogen (secondary N) is 3. The molecule has 0 spiro atoms. The highest BCUT2D eigenvalue weighted by Gasteiger charge is 2.47. The average Bonchev–Trinajstić information content (AvgIpc) is 3.39. The van der Waals surface area contributed by atoms with Gasteiger partial charge >= 0.3 is 6.18 Å². The average molecular weight is 473 g/mol. The fourth-order valence-electron chi connectivity index (χ4n) is 3.48. The summed E-state index contributed by atoms with van der Waals surface area (Å²) in [5.74, 6) is -1.14. The van der Waals surface area contributed by atoms with E-state index in [1.165, 1.54) is 48.5 Å². The predicted octanol–water partition coefficient (Wildman–Crippen LogP) is 2.98. The van der Waals surface area contributed by atoms with Crippen molar-refractivity contribution in [3.8, 4) is 17.2 Å². The second kappa shape index (κ2) is 9.18. The third-order valence-electron chi connectivity index (χ3n) is 5.54. The van der Waals surface area contributed by atoms with Crippen LogP contribution in [0.15, 0.2) is 48.5 Å². The summed E-state index contributed by atoms with van der Waals surface area (Å²) in [6, 6.07) is 9.57. The fraction of sp³-hybridized carbons (Fsp3) is 0.318. The first kappa shape index (κ1) is 23.3. The van der Waals surface area contributed by atoms with Crippen molar-refractivity contribution in [3.63, 3.8) is 0 Å². The normalized spacial score (nSPS) is 16.3. The Morgan fingerprint density at radius 3 is 2.24 bits per heavy atom. The molecular weight excluding hydrogens is 454 g/mol. The molecule has 0 bridgehead atoms. The Labute approximate surface area is 191 Å². The zero-order valence-corrected chi connectivity index (χ0v) is 17.6. The first-order chi connectivity index (χ1) is 16.2. The molecule has 12 heteroatoms. The molecule has 1 aromatic heterocycles. The van der Waals surface area contributed by atoms with E-state index in [2.05, 4.69) is 31.3 Å². The summed E-state index contributed by atoms with van der Waals surface area (Å²) >= 11 is 0. The number of nitrogens with zero attached hydrogens (tertiary/aromatic N) is 4. The summed E-state index contributed by atoms with van der Waals surface area (Å²) in [6.45, 7) is 0. The molecule has 2 aromatic carbocycles. The lowest BCUT2D eigenvalue weighted by atomic mass is 9.99. The maximum Gasteiger partial charge on any atom is 0.407 e.